The van der Waals surface area contributed by atoms with Gasteiger partial charge in [0.1, 0.15) is 0 Å². The summed E-state index contributed by atoms with van der Waals surface area (Å²) in [4.78, 5) is 37.0. The highest BCUT2D eigenvalue weighted by Crippen LogP contribution is 2.23. The van der Waals surface area contributed by atoms with Gasteiger partial charge >= 0.3 is 0 Å². The molecule has 3 rings (SSSR count). The van der Waals surface area contributed by atoms with Crippen LogP contribution in [0.25, 0.3) is 0 Å². The Morgan fingerprint density at radius 2 is 1.22 bits per heavy atom. The number of hydrogen-bond acceptors (Lipinski definition) is 3. The second-order valence-corrected chi connectivity index (χ2v) is 6.77. The van der Waals surface area contributed by atoms with E-state index in [1.54, 1.807) is 28.0 Å². The van der Waals surface area contributed by atoms with Crippen LogP contribution in [0.2, 0.25) is 0 Å². The normalized spacial score (nSPS) is 17.3. The third-order valence-electron chi connectivity index (χ3n) is 4.69. The quantitative estimate of drug-likeness (QED) is 0.520. The molecule has 2 heterocycles. The SMILES string of the molecule is NC(N)=NC(N)=Nc1cc(C(=O)N2CCCC2)cc(C(=O)N2CCCC2)c1. The number of amides is 2. The molecular weight excluding hydrogens is 346 g/mol. The zero-order chi connectivity index (χ0) is 19.4. The summed E-state index contributed by atoms with van der Waals surface area (Å²) in [6, 6.07) is 4.85. The number of benzene rings is 1. The fourth-order valence-electron chi connectivity index (χ4n) is 3.42. The Bertz CT molecular complexity index is 741. The van der Waals surface area contributed by atoms with Crippen LogP contribution in [0.3, 0.4) is 0 Å². The van der Waals surface area contributed by atoms with E-state index in [0.717, 1.165) is 51.9 Å². The maximum Gasteiger partial charge on any atom is 0.253 e. The zero-order valence-electron chi connectivity index (χ0n) is 15.2. The number of carbonyl (C=O) groups excluding carboxylic acids is 2. The molecule has 0 radical (unpaired) electrons. The highest BCUT2D eigenvalue weighted by atomic mass is 16.2. The van der Waals surface area contributed by atoms with Crippen molar-refractivity contribution in [3.05, 3.63) is 29.3 Å². The Morgan fingerprint density at radius 1 is 0.778 bits per heavy atom. The number of carbonyl (C=O) groups is 2. The van der Waals surface area contributed by atoms with Crippen LogP contribution in [0.4, 0.5) is 5.69 Å². The Hall–Kier alpha value is -3.10. The van der Waals surface area contributed by atoms with Crippen molar-refractivity contribution in [2.24, 2.45) is 27.2 Å². The van der Waals surface area contributed by atoms with Gasteiger partial charge in [0.05, 0.1) is 5.69 Å². The zero-order valence-corrected chi connectivity index (χ0v) is 15.2. The first-order valence-electron chi connectivity index (χ1n) is 9.11. The maximum atomic E-state index is 12.8. The molecule has 0 aromatic heterocycles. The molecule has 9 heteroatoms. The fraction of sp³-hybridized carbons (Fsp3) is 0.444. The summed E-state index contributed by atoms with van der Waals surface area (Å²) in [6.07, 6.45) is 3.95. The molecule has 2 aliphatic rings. The van der Waals surface area contributed by atoms with E-state index < -0.39 is 0 Å². The molecule has 2 fully saturated rings. The van der Waals surface area contributed by atoms with Gasteiger partial charge in [0, 0.05) is 37.3 Å². The van der Waals surface area contributed by atoms with E-state index in [-0.39, 0.29) is 23.7 Å². The van der Waals surface area contributed by atoms with Crippen molar-refractivity contribution in [3.8, 4) is 0 Å². The van der Waals surface area contributed by atoms with Crippen molar-refractivity contribution in [2.75, 3.05) is 26.2 Å². The van der Waals surface area contributed by atoms with E-state index in [1.807, 2.05) is 0 Å². The summed E-state index contributed by atoms with van der Waals surface area (Å²) < 4.78 is 0. The van der Waals surface area contributed by atoms with Crippen molar-refractivity contribution >= 4 is 29.4 Å². The van der Waals surface area contributed by atoms with Crippen molar-refractivity contribution in [2.45, 2.75) is 25.7 Å². The molecule has 2 aliphatic heterocycles. The third-order valence-corrected chi connectivity index (χ3v) is 4.69. The van der Waals surface area contributed by atoms with E-state index in [1.165, 1.54) is 0 Å². The number of guanidine groups is 2. The third kappa shape index (κ3) is 4.55. The minimum absolute atomic E-state index is 0.111. The minimum atomic E-state index is -0.214. The predicted octanol–water partition coefficient (Wildman–Crippen LogP) is 0.378. The molecule has 6 N–H and O–H groups in total. The van der Waals surface area contributed by atoms with Crippen LogP contribution in [0.15, 0.2) is 28.2 Å². The van der Waals surface area contributed by atoms with Crippen molar-refractivity contribution in [1.29, 1.82) is 0 Å². The molecule has 1 aromatic carbocycles. The lowest BCUT2D eigenvalue weighted by molar-refractivity contribution is 0.0791. The second-order valence-electron chi connectivity index (χ2n) is 6.77. The summed E-state index contributed by atoms with van der Waals surface area (Å²) in [5.41, 5.74) is 17.5. The highest BCUT2D eigenvalue weighted by molar-refractivity contribution is 6.01. The molecule has 0 spiro atoms. The summed E-state index contributed by atoms with van der Waals surface area (Å²) in [7, 11) is 0. The van der Waals surface area contributed by atoms with Gasteiger partial charge in [-0.1, -0.05) is 0 Å². The molecule has 0 aliphatic carbocycles. The lowest BCUT2D eigenvalue weighted by Gasteiger charge is -2.18. The first kappa shape index (κ1) is 18.7. The largest absolute Gasteiger partial charge is 0.370 e. The van der Waals surface area contributed by atoms with Crippen LogP contribution in [0, 0.1) is 0 Å². The van der Waals surface area contributed by atoms with Crippen molar-refractivity contribution < 1.29 is 9.59 Å². The summed E-state index contributed by atoms with van der Waals surface area (Å²) in [5, 5.41) is 0. The lowest BCUT2D eigenvalue weighted by Crippen LogP contribution is -2.29. The van der Waals surface area contributed by atoms with Gasteiger partial charge in [0.25, 0.3) is 11.8 Å². The number of nitrogens with zero attached hydrogens (tertiary/aromatic N) is 4. The molecular formula is C18H25N7O2. The summed E-state index contributed by atoms with van der Waals surface area (Å²) >= 11 is 0. The molecule has 144 valence electrons. The van der Waals surface area contributed by atoms with E-state index >= 15 is 0 Å². The summed E-state index contributed by atoms with van der Waals surface area (Å²) in [6.45, 7) is 2.88. The molecule has 27 heavy (non-hydrogen) atoms. The first-order chi connectivity index (χ1) is 12.9. The van der Waals surface area contributed by atoms with Gasteiger partial charge in [-0.15, -0.1) is 0 Å². The van der Waals surface area contributed by atoms with Crippen LogP contribution in [0.5, 0.6) is 0 Å². The number of likely N-dealkylation sites (tertiary alicyclic amines) is 2. The molecule has 2 amide bonds. The fourth-order valence-corrected chi connectivity index (χ4v) is 3.42. The van der Waals surface area contributed by atoms with Crippen LogP contribution < -0.4 is 17.2 Å². The molecule has 0 bridgehead atoms. The van der Waals surface area contributed by atoms with Gasteiger partial charge in [0.15, 0.2) is 5.96 Å². The van der Waals surface area contributed by atoms with Crippen molar-refractivity contribution in [3.63, 3.8) is 0 Å². The molecule has 0 atom stereocenters. The number of hydrogen-bond donors (Lipinski definition) is 3. The van der Waals surface area contributed by atoms with Gasteiger partial charge in [-0.25, -0.2) is 4.99 Å². The van der Waals surface area contributed by atoms with E-state index in [4.69, 9.17) is 17.2 Å². The standard InChI is InChI=1S/C18H25N7O2/c19-17(20)23-18(21)22-14-10-12(15(26)24-5-1-2-6-24)9-13(11-14)16(27)25-7-3-4-8-25/h9-11H,1-8H2,(H6,19,20,21,22,23). The smallest absolute Gasteiger partial charge is 0.253 e. The van der Waals surface area contributed by atoms with Gasteiger partial charge in [-0.2, -0.15) is 4.99 Å². The Morgan fingerprint density at radius 3 is 1.63 bits per heavy atom. The van der Waals surface area contributed by atoms with E-state index in [9.17, 15) is 9.59 Å². The minimum Gasteiger partial charge on any atom is -0.370 e. The highest BCUT2D eigenvalue weighted by Gasteiger charge is 2.24. The second kappa shape index (κ2) is 8.07. The van der Waals surface area contributed by atoms with Crippen LogP contribution in [-0.2, 0) is 0 Å². The number of rotatable bonds is 3. The number of nitrogens with two attached hydrogens (primary N) is 3. The van der Waals surface area contributed by atoms with Gasteiger partial charge in [-0.3, -0.25) is 9.59 Å². The monoisotopic (exact) mass is 371 g/mol. The lowest BCUT2D eigenvalue weighted by atomic mass is 10.1. The topological polar surface area (TPSA) is 143 Å². The number of aliphatic imine (C=N–C) groups is 2. The Labute approximate surface area is 157 Å². The molecule has 1 aromatic rings. The molecule has 9 nitrogen and oxygen atoms in total. The average Bonchev–Trinajstić information content (AvgIpc) is 3.33. The average molecular weight is 371 g/mol. The van der Waals surface area contributed by atoms with Crippen molar-refractivity contribution in [1.82, 2.24) is 9.80 Å². The Kier molecular flexibility index (Phi) is 5.58. The summed E-state index contributed by atoms with van der Waals surface area (Å²) in [5.74, 6) is -0.574. The van der Waals surface area contributed by atoms with E-state index in [2.05, 4.69) is 9.98 Å². The van der Waals surface area contributed by atoms with Gasteiger partial charge < -0.3 is 27.0 Å². The molecule has 0 saturated carbocycles. The van der Waals surface area contributed by atoms with Crippen LogP contribution in [0.1, 0.15) is 46.4 Å². The molecule has 2 saturated heterocycles. The van der Waals surface area contributed by atoms with Crippen LogP contribution >= 0.6 is 0 Å². The maximum absolute atomic E-state index is 12.8. The first-order valence-corrected chi connectivity index (χ1v) is 9.11. The Balaban J connectivity index is 1.97. The van der Waals surface area contributed by atoms with E-state index in [0.29, 0.717) is 16.8 Å². The molecule has 0 unspecified atom stereocenters. The van der Waals surface area contributed by atoms with Crippen LogP contribution in [-0.4, -0.2) is 59.7 Å². The van der Waals surface area contributed by atoms with Gasteiger partial charge in [-0.05, 0) is 43.9 Å². The van der Waals surface area contributed by atoms with Gasteiger partial charge in [0.2, 0.25) is 5.96 Å². The predicted molar refractivity (Wildman–Crippen MR) is 104 cm³/mol.